The van der Waals surface area contributed by atoms with Crippen LogP contribution in [0.25, 0.3) is 0 Å². The molecule has 0 spiro atoms. The molecule has 0 aromatic heterocycles. The molecule has 9 nitrogen and oxygen atoms in total. The molecule has 0 aliphatic carbocycles. The van der Waals surface area contributed by atoms with Crippen LogP contribution in [0, 0.1) is 0 Å². The van der Waals surface area contributed by atoms with E-state index in [1.165, 1.54) is 0 Å². The third-order valence-electron chi connectivity index (χ3n) is 11.5. The number of aliphatic carboxylic acids is 1. The molecule has 0 bridgehead atoms. The number of likely N-dealkylation sites (N-methyl/N-ethyl adjacent to an activating group) is 1. The van der Waals surface area contributed by atoms with Gasteiger partial charge in [0.1, 0.15) is 13.2 Å². The van der Waals surface area contributed by atoms with Gasteiger partial charge in [0.05, 0.1) is 40.3 Å². The van der Waals surface area contributed by atoms with Gasteiger partial charge < -0.3 is 33.3 Å². The van der Waals surface area contributed by atoms with Crippen molar-refractivity contribution in [2.24, 2.45) is 0 Å². The largest absolute Gasteiger partial charge is 0.545 e. The van der Waals surface area contributed by atoms with Crippen molar-refractivity contribution in [2.75, 3.05) is 47.5 Å². The Hall–Kier alpha value is -6.13. The molecule has 0 saturated carbocycles. The maximum atomic E-state index is 12.9. The molecular formula is C72H107NO8. The third kappa shape index (κ3) is 61.3. The van der Waals surface area contributed by atoms with E-state index in [2.05, 4.69) is 214 Å². The van der Waals surface area contributed by atoms with Crippen molar-refractivity contribution >= 4 is 17.9 Å². The first-order valence-corrected chi connectivity index (χ1v) is 30.2. The Bertz CT molecular complexity index is 2070. The summed E-state index contributed by atoms with van der Waals surface area (Å²) in [6.07, 6.45) is 91.7. The fraction of sp³-hybridized carbons (Fsp3) is 0.486. The lowest BCUT2D eigenvalue weighted by Gasteiger charge is -2.26. The molecule has 0 aliphatic rings. The number of carboxylic acids is 1. The van der Waals surface area contributed by atoms with Crippen LogP contribution in [0.15, 0.2) is 207 Å². The summed E-state index contributed by atoms with van der Waals surface area (Å²) in [5, 5.41) is 11.8. The minimum atomic E-state index is -1.66. The quantitative estimate of drug-likeness (QED) is 0.0195. The van der Waals surface area contributed by atoms with Crippen molar-refractivity contribution in [3.8, 4) is 0 Å². The second kappa shape index (κ2) is 60.0. The van der Waals surface area contributed by atoms with Gasteiger partial charge in [-0.3, -0.25) is 9.59 Å². The van der Waals surface area contributed by atoms with Crippen LogP contribution in [0.2, 0.25) is 0 Å². The highest BCUT2D eigenvalue weighted by molar-refractivity contribution is 5.70. The minimum Gasteiger partial charge on any atom is -0.545 e. The van der Waals surface area contributed by atoms with Gasteiger partial charge in [0.25, 0.3) is 0 Å². The SMILES string of the molecule is CC/C=C\C/C=C\C/C=C\C/C=C\C/C=C\C/C=C\C/C=C\C/C=C\C/C=C\CCCC(=O)OC(COC(=O)CCCC/C=C\C/C=C\C/C=C\C/C=C\C/C=C\C/C=C\C/C=C\C/C=C\CC)COC(OCC[N+](C)(C)C)C(=O)[O-]. The Morgan fingerprint density at radius 2 is 0.667 bits per heavy atom. The van der Waals surface area contributed by atoms with Crippen LogP contribution in [0.3, 0.4) is 0 Å². The molecule has 81 heavy (non-hydrogen) atoms. The first-order valence-electron chi connectivity index (χ1n) is 30.2. The van der Waals surface area contributed by atoms with Crippen molar-refractivity contribution in [3.63, 3.8) is 0 Å². The van der Waals surface area contributed by atoms with Gasteiger partial charge in [-0.1, -0.05) is 220 Å². The van der Waals surface area contributed by atoms with Crippen LogP contribution >= 0.6 is 0 Å². The number of esters is 2. The van der Waals surface area contributed by atoms with E-state index in [0.29, 0.717) is 30.3 Å². The Morgan fingerprint density at radius 1 is 0.370 bits per heavy atom. The van der Waals surface area contributed by atoms with E-state index in [1.807, 2.05) is 27.2 Å². The first kappa shape index (κ1) is 74.9. The van der Waals surface area contributed by atoms with Gasteiger partial charge in [-0.15, -0.1) is 0 Å². The van der Waals surface area contributed by atoms with Crippen LogP contribution in [-0.4, -0.2) is 82.3 Å². The van der Waals surface area contributed by atoms with E-state index in [4.69, 9.17) is 18.9 Å². The molecule has 0 rings (SSSR count). The molecular weight excluding hydrogens is 1010 g/mol. The average molecular weight is 1110 g/mol. The van der Waals surface area contributed by atoms with E-state index in [-0.39, 0.29) is 32.7 Å². The zero-order valence-electron chi connectivity index (χ0n) is 50.8. The van der Waals surface area contributed by atoms with Crippen LogP contribution in [0.5, 0.6) is 0 Å². The van der Waals surface area contributed by atoms with Gasteiger partial charge in [-0.2, -0.15) is 0 Å². The number of allylic oxidation sites excluding steroid dienone is 34. The second-order valence-electron chi connectivity index (χ2n) is 20.2. The van der Waals surface area contributed by atoms with E-state index in [0.717, 1.165) is 122 Å². The molecule has 0 aromatic carbocycles. The summed E-state index contributed by atoms with van der Waals surface area (Å²) in [5.41, 5.74) is 0. The maximum Gasteiger partial charge on any atom is 0.306 e. The normalized spacial score (nSPS) is 14.2. The highest BCUT2D eigenvalue weighted by Gasteiger charge is 2.21. The van der Waals surface area contributed by atoms with Gasteiger partial charge in [-0.25, -0.2) is 0 Å². The molecule has 0 N–H and O–H groups in total. The average Bonchev–Trinajstić information content (AvgIpc) is 3.44. The van der Waals surface area contributed by atoms with Crippen LogP contribution in [0.4, 0.5) is 0 Å². The number of rotatable bonds is 52. The van der Waals surface area contributed by atoms with Crippen LogP contribution in [0.1, 0.15) is 168 Å². The monoisotopic (exact) mass is 1110 g/mol. The maximum absolute atomic E-state index is 12.9. The van der Waals surface area contributed by atoms with Crippen LogP contribution < -0.4 is 5.11 Å². The lowest BCUT2D eigenvalue weighted by Crippen LogP contribution is -2.44. The van der Waals surface area contributed by atoms with E-state index in [9.17, 15) is 19.5 Å². The van der Waals surface area contributed by atoms with Crippen molar-refractivity contribution in [1.29, 1.82) is 0 Å². The molecule has 0 aliphatic heterocycles. The molecule has 2 atom stereocenters. The number of carbonyl (C=O) groups is 3. The summed E-state index contributed by atoms with van der Waals surface area (Å²) in [6.45, 7) is 4.35. The van der Waals surface area contributed by atoms with E-state index in [1.54, 1.807) is 0 Å². The topological polar surface area (TPSA) is 111 Å². The first-order chi connectivity index (χ1) is 39.6. The highest BCUT2D eigenvalue weighted by Crippen LogP contribution is 2.10. The van der Waals surface area contributed by atoms with E-state index >= 15 is 0 Å². The molecule has 2 unspecified atom stereocenters. The standard InChI is InChI=1S/C72H107NO8/c1-6-8-10-12-14-16-18-20-22-24-26-28-30-32-34-35-37-39-41-43-45-47-49-51-53-55-57-59-61-63-70(75)81-68(67-80-72(71(76)77)78-65-64-73(3,4)5)66-79-69(74)62-60-58-56-54-52-50-48-46-44-42-40-38-36-33-31-29-27-25-23-21-19-17-15-13-11-9-7-2/h8-11,14-17,20-23,26-29,32-34,36-37,39-40,42-43,45-46,48-49,51-52,54-55,57,68,72H,6-7,12-13,18-19,24-25,30-31,35,38,41,44,47,50,53,56,58-67H2,1-5H3/b10-8-,11-9-,16-14-,17-15-,22-20-,23-21-,28-26-,29-27-,34-32-,36-33-,39-37-,42-40-,45-43-,48-46-,51-49-,54-52-,57-55-. The van der Waals surface area contributed by atoms with Gasteiger partial charge in [0.2, 0.25) is 0 Å². The zero-order chi connectivity index (χ0) is 59.1. The number of ether oxygens (including phenoxy) is 4. The summed E-state index contributed by atoms with van der Waals surface area (Å²) in [7, 11) is 5.87. The number of unbranched alkanes of at least 4 members (excludes halogenated alkanes) is 3. The van der Waals surface area contributed by atoms with Gasteiger partial charge in [-0.05, 0) is 141 Å². The van der Waals surface area contributed by atoms with Gasteiger partial charge >= 0.3 is 11.9 Å². The molecule has 0 fully saturated rings. The molecule has 0 amide bonds. The Balaban J connectivity index is 4.50. The zero-order valence-corrected chi connectivity index (χ0v) is 50.8. The lowest BCUT2D eigenvalue weighted by molar-refractivity contribution is -0.870. The van der Waals surface area contributed by atoms with Crippen LogP contribution in [-0.2, 0) is 33.3 Å². The number of carbonyl (C=O) groups excluding carboxylic acids is 3. The van der Waals surface area contributed by atoms with Crippen molar-refractivity contribution in [1.82, 2.24) is 0 Å². The highest BCUT2D eigenvalue weighted by atomic mass is 16.7. The summed E-state index contributed by atoms with van der Waals surface area (Å²) in [5.74, 6) is -2.46. The fourth-order valence-corrected chi connectivity index (χ4v) is 6.96. The molecule has 0 saturated heterocycles. The fourth-order valence-electron chi connectivity index (χ4n) is 6.96. The smallest absolute Gasteiger partial charge is 0.306 e. The third-order valence-corrected chi connectivity index (χ3v) is 11.5. The Kier molecular flexibility index (Phi) is 55.4. The molecule has 448 valence electrons. The minimum absolute atomic E-state index is 0.116. The summed E-state index contributed by atoms with van der Waals surface area (Å²) < 4.78 is 22.6. The predicted octanol–water partition coefficient (Wildman–Crippen LogP) is 17.1. The number of hydrogen-bond acceptors (Lipinski definition) is 8. The Morgan fingerprint density at radius 3 is 0.975 bits per heavy atom. The lowest BCUT2D eigenvalue weighted by atomic mass is 10.2. The molecule has 9 heteroatoms. The van der Waals surface area contributed by atoms with Crippen molar-refractivity contribution in [2.45, 2.75) is 180 Å². The predicted molar refractivity (Wildman–Crippen MR) is 342 cm³/mol. The summed E-state index contributed by atoms with van der Waals surface area (Å²) in [6, 6.07) is 0. The number of carboxylic acid groups (broad SMARTS) is 1. The van der Waals surface area contributed by atoms with Gasteiger partial charge in [0, 0.05) is 12.8 Å². The summed E-state index contributed by atoms with van der Waals surface area (Å²) >= 11 is 0. The van der Waals surface area contributed by atoms with Gasteiger partial charge in [0.15, 0.2) is 12.4 Å². The van der Waals surface area contributed by atoms with E-state index < -0.39 is 30.3 Å². The number of quaternary nitrogens is 1. The van der Waals surface area contributed by atoms with Crippen molar-refractivity contribution < 1.29 is 42.9 Å². The Labute approximate surface area is 493 Å². The summed E-state index contributed by atoms with van der Waals surface area (Å²) in [4.78, 5) is 37.3. The second-order valence-corrected chi connectivity index (χ2v) is 20.2. The number of nitrogens with zero attached hydrogens (tertiary/aromatic N) is 1. The van der Waals surface area contributed by atoms with Crippen molar-refractivity contribution in [3.05, 3.63) is 207 Å². The molecule has 0 aromatic rings. The molecule has 0 radical (unpaired) electrons. The number of hydrogen-bond donors (Lipinski definition) is 0. The molecule has 0 heterocycles.